The van der Waals surface area contributed by atoms with Crippen LogP contribution in [0.15, 0.2) is 22.8 Å². The number of methoxy groups -OCH3 is 1. The number of piperidine rings is 1. The van der Waals surface area contributed by atoms with E-state index in [4.69, 9.17) is 14.6 Å². The van der Waals surface area contributed by atoms with Crippen molar-refractivity contribution in [1.29, 1.82) is 0 Å². The Kier molecular flexibility index (Phi) is 4.95. The number of rotatable bonds is 2. The van der Waals surface area contributed by atoms with Gasteiger partial charge in [-0.2, -0.15) is 5.10 Å². The second-order valence-corrected chi connectivity index (χ2v) is 8.27. The monoisotopic (exact) mass is 409 g/mol. The molecule has 0 saturated carbocycles. The van der Waals surface area contributed by atoms with Crippen molar-refractivity contribution in [3.8, 4) is 5.75 Å². The van der Waals surface area contributed by atoms with E-state index in [2.05, 4.69) is 22.1 Å². The summed E-state index contributed by atoms with van der Waals surface area (Å²) >= 11 is 3.50. The lowest BCUT2D eigenvalue weighted by Gasteiger charge is -2.33. The maximum Gasteiger partial charge on any atom is 0.410 e. The summed E-state index contributed by atoms with van der Waals surface area (Å²) in [5.74, 6) is 0.759. The molecule has 0 bridgehead atoms. The zero-order chi connectivity index (χ0) is 18.2. The summed E-state index contributed by atoms with van der Waals surface area (Å²) in [7, 11) is 1.65. The minimum absolute atomic E-state index is 0.234. The molecule has 25 heavy (non-hydrogen) atoms. The molecule has 0 N–H and O–H groups in total. The van der Waals surface area contributed by atoms with E-state index >= 15 is 0 Å². The van der Waals surface area contributed by atoms with Gasteiger partial charge in [0.1, 0.15) is 16.9 Å². The highest BCUT2D eigenvalue weighted by Crippen LogP contribution is 2.31. The predicted octanol–water partition coefficient (Wildman–Crippen LogP) is 4.38. The summed E-state index contributed by atoms with van der Waals surface area (Å²) in [6, 6.07) is 4.23. The summed E-state index contributed by atoms with van der Waals surface area (Å²) in [6.45, 7) is 7.02. The molecule has 1 aliphatic heterocycles. The summed E-state index contributed by atoms with van der Waals surface area (Å²) in [6.07, 6.45) is 3.53. The Bertz CT molecular complexity index is 774. The quantitative estimate of drug-likeness (QED) is 0.738. The Balaban J connectivity index is 1.71. The molecule has 7 heteroatoms. The second kappa shape index (κ2) is 6.86. The summed E-state index contributed by atoms with van der Waals surface area (Å²) < 4.78 is 13.9. The Morgan fingerprint density at radius 2 is 1.96 bits per heavy atom. The number of aromatic nitrogens is 2. The van der Waals surface area contributed by atoms with Crippen molar-refractivity contribution in [2.24, 2.45) is 0 Å². The van der Waals surface area contributed by atoms with Gasteiger partial charge in [-0.05, 0) is 45.7 Å². The maximum atomic E-state index is 12.2. The van der Waals surface area contributed by atoms with Crippen LogP contribution in [0.25, 0.3) is 10.9 Å². The van der Waals surface area contributed by atoms with E-state index < -0.39 is 5.60 Å². The number of hydrogen-bond donors (Lipinski definition) is 0. The average Bonchev–Trinajstić information content (AvgIpc) is 2.96. The van der Waals surface area contributed by atoms with Crippen LogP contribution in [0.1, 0.15) is 39.7 Å². The maximum absolute atomic E-state index is 12.2. The van der Waals surface area contributed by atoms with E-state index in [-0.39, 0.29) is 12.1 Å². The van der Waals surface area contributed by atoms with Gasteiger partial charge in [-0.3, -0.25) is 4.68 Å². The molecule has 2 aromatic rings. The molecule has 6 nitrogen and oxygen atoms in total. The molecule has 136 valence electrons. The minimum atomic E-state index is -0.461. The van der Waals surface area contributed by atoms with Crippen LogP contribution >= 0.6 is 15.9 Å². The molecule has 1 aromatic heterocycles. The highest BCUT2D eigenvalue weighted by molar-refractivity contribution is 9.10. The lowest BCUT2D eigenvalue weighted by atomic mass is 10.1. The van der Waals surface area contributed by atoms with E-state index in [9.17, 15) is 4.79 Å². The predicted molar refractivity (Wildman–Crippen MR) is 100 cm³/mol. The lowest BCUT2D eigenvalue weighted by molar-refractivity contribution is 0.0185. The number of ether oxygens (including phenoxy) is 2. The fourth-order valence-corrected chi connectivity index (χ4v) is 3.52. The van der Waals surface area contributed by atoms with Gasteiger partial charge in [0.25, 0.3) is 0 Å². The fourth-order valence-electron chi connectivity index (χ4n) is 3.07. The number of carbonyl (C=O) groups excluding carboxylic acids is 1. The van der Waals surface area contributed by atoms with Crippen molar-refractivity contribution in [1.82, 2.24) is 14.7 Å². The van der Waals surface area contributed by atoms with E-state index in [1.807, 2.05) is 37.6 Å². The Labute approximate surface area is 156 Å². The summed E-state index contributed by atoms with van der Waals surface area (Å²) in [4.78, 5) is 14.0. The van der Waals surface area contributed by atoms with E-state index in [1.54, 1.807) is 12.0 Å². The van der Waals surface area contributed by atoms with Crippen molar-refractivity contribution in [2.75, 3.05) is 20.2 Å². The van der Waals surface area contributed by atoms with Crippen LogP contribution in [0.2, 0.25) is 0 Å². The standard InChI is InChI=1S/C18H24BrN3O3/c1-18(2,3)25-17(23)21-7-5-14(6-8-21)22-11-12-9-13(19)10-15(24-4)16(12)20-22/h9-11,14H,5-8H2,1-4H3. The van der Waals surface area contributed by atoms with Crippen LogP contribution in [-0.2, 0) is 4.74 Å². The molecule has 1 amide bonds. The zero-order valence-corrected chi connectivity index (χ0v) is 16.7. The number of likely N-dealkylation sites (tertiary alicyclic amines) is 1. The van der Waals surface area contributed by atoms with E-state index in [0.717, 1.165) is 34.0 Å². The fraction of sp³-hybridized carbons (Fsp3) is 0.556. The number of nitrogens with zero attached hydrogens (tertiary/aromatic N) is 3. The molecular weight excluding hydrogens is 386 g/mol. The molecule has 1 aliphatic rings. The molecule has 0 radical (unpaired) electrons. The topological polar surface area (TPSA) is 56.6 Å². The van der Waals surface area contributed by atoms with Gasteiger partial charge in [0.2, 0.25) is 0 Å². The molecule has 0 aliphatic carbocycles. The molecule has 2 heterocycles. The van der Waals surface area contributed by atoms with Crippen molar-refractivity contribution in [3.05, 3.63) is 22.8 Å². The molecule has 1 fully saturated rings. The van der Waals surface area contributed by atoms with Gasteiger partial charge in [-0.25, -0.2) is 4.79 Å². The molecule has 0 spiro atoms. The van der Waals surface area contributed by atoms with Crippen molar-refractivity contribution < 1.29 is 14.3 Å². The van der Waals surface area contributed by atoms with Gasteiger partial charge >= 0.3 is 6.09 Å². The summed E-state index contributed by atoms with van der Waals surface area (Å²) in [5, 5.41) is 5.76. The Morgan fingerprint density at radius 1 is 1.28 bits per heavy atom. The molecule has 0 unspecified atom stereocenters. The largest absolute Gasteiger partial charge is 0.494 e. The molecule has 1 saturated heterocycles. The van der Waals surface area contributed by atoms with Crippen LogP contribution < -0.4 is 4.74 Å². The number of benzene rings is 1. The van der Waals surface area contributed by atoms with Crippen LogP contribution in [0.3, 0.4) is 0 Å². The third-order valence-corrected chi connectivity index (χ3v) is 4.72. The number of amides is 1. The SMILES string of the molecule is COc1cc(Br)cc2cn(C3CCN(C(=O)OC(C)(C)C)CC3)nc12. The first kappa shape index (κ1) is 18.0. The number of carbonyl (C=O) groups is 1. The van der Waals surface area contributed by atoms with Crippen molar-refractivity contribution in [3.63, 3.8) is 0 Å². The zero-order valence-electron chi connectivity index (χ0n) is 15.1. The van der Waals surface area contributed by atoms with Gasteiger partial charge in [0.05, 0.1) is 13.2 Å². The average molecular weight is 410 g/mol. The first-order chi connectivity index (χ1) is 11.8. The molecular formula is C18H24BrN3O3. The number of halogens is 1. The second-order valence-electron chi connectivity index (χ2n) is 7.35. The number of hydrogen-bond acceptors (Lipinski definition) is 4. The highest BCUT2D eigenvalue weighted by atomic mass is 79.9. The smallest absolute Gasteiger partial charge is 0.410 e. The van der Waals surface area contributed by atoms with Crippen LogP contribution in [0, 0.1) is 0 Å². The van der Waals surface area contributed by atoms with Crippen LogP contribution in [-0.4, -0.2) is 46.6 Å². The Hall–Kier alpha value is -1.76. The van der Waals surface area contributed by atoms with Gasteiger partial charge in [0, 0.05) is 29.1 Å². The first-order valence-corrected chi connectivity index (χ1v) is 9.26. The van der Waals surface area contributed by atoms with Gasteiger partial charge < -0.3 is 14.4 Å². The third kappa shape index (κ3) is 4.08. The van der Waals surface area contributed by atoms with Gasteiger partial charge in [-0.1, -0.05) is 15.9 Å². The third-order valence-electron chi connectivity index (χ3n) is 4.27. The molecule has 0 atom stereocenters. The van der Waals surface area contributed by atoms with Crippen LogP contribution in [0.4, 0.5) is 4.79 Å². The first-order valence-electron chi connectivity index (χ1n) is 8.47. The number of fused-ring (bicyclic) bond motifs is 1. The van der Waals surface area contributed by atoms with E-state index in [0.29, 0.717) is 13.1 Å². The van der Waals surface area contributed by atoms with Gasteiger partial charge in [-0.15, -0.1) is 0 Å². The lowest BCUT2D eigenvalue weighted by Crippen LogP contribution is -2.42. The normalized spacial score (nSPS) is 16.3. The Morgan fingerprint density at radius 3 is 2.56 bits per heavy atom. The van der Waals surface area contributed by atoms with E-state index in [1.165, 1.54) is 0 Å². The molecule has 3 rings (SSSR count). The summed E-state index contributed by atoms with van der Waals surface area (Å²) in [5.41, 5.74) is 0.401. The molecule has 1 aromatic carbocycles. The minimum Gasteiger partial charge on any atom is -0.494 e. The van der Waals surface area contributed by atoms with Crippen molar-refractivity contribution in [2.45, 2.75) is 45.3 Å². The van der Waals surface area contributed by atoms with Gasteiger partial charge in [0.15, 0.2) is 0 Å². The van der Waals surface area contributed by atoms with Crippen LogP contribution in [0.5, 0.6) is 5.75 Å². The highest BCUT2D eigenvalue weighted by Gasteiger charge is 2.28. The van der Waals surface area contributed by atoms with Crippen molar-refractivity contribution >= 4 is 32.9 Å².